The summed E-state index contributed by atoms with van der Waals surface area (Å²) in [5.74, 6) is 0.610. The van der Waals surface area contributed by atoms with Crippen LogP contribution in [0.25, 0.3) is 23.7 Å². The number of imidazole rings is 1. The number of hydrogen-bond donors (Lipinski definition) is 2. The largest absolute Gasteiger partial charge is 0.401 e. The summed E-state index contributed by atoms with van der Waals surface area (Å²) in [4.78, 5) is 33.9. The first-order chi connectivity index (χ1) is 16.8. The number of nitrogens with zero attached hydrogens (tertiary/aromatic N) is 5. The van der Waals surface area contributed by atoms with Gasteiger partial charge in [-0.15, -0.1) is 6.58 Å². The molecule has 1 atom stereocenters. The Hall–Kier alpha value is -3.85. The van der Waals surface area contributed by atoms with Gasteiger partial charge in [0.1, 0.15) is 5.52 Å². The van der Waals surface area contributed by atoms with Crippen molar-refractivity contribution in [3.05, 3.63) is 79.8 Å². The zero-order valence-electron chi connectivity index (χ0n) is 20.2. The van der Waals surface area contributed by atoms with Crippen molar-refractivity contribution < 1.29 is 0 Å². The Morgan fingerprint density at radius 2 is 2.00 bits per heavy atom. The van der Waals surface area contributed by atoms with Crippen LogP contribution in [0.3, 0.4) is 0 Å². The number of nitrogens with two attached hydrogens (primary N) is 2. The molecule has 1 aliphatic rings. The van der Waals surface area contributed by atoms with Crippen LogP contribution in [-0.4, -0.2) is 38.0 Å². The minimum Gasteiger partial charge on any atom is -0.401 e. The average molecular weight is 476 g/mol. The molecule has 1 fully saturated rings. The minimum absolute atomic E-state index is 0.0348. The number of anilines is 1. The van der Waals surface area contributed by atoms with Gasteiger partial charge in [0.2, 0.25) is 5.95 Å². The van der Waals surface area contributed by atoms with E-state index in [1.165, 1.54) is 9.36 Å². The Balaban J connectivity index is 1.86. The second-order valence-corrected chi connectivity index (χ2v) is 8.85. The fourth-order valence-corrected chi connectivity index (χ4v) is 4.58. The molecule has 4 rings (SSSR count). The summed E-state index contributed by atoms with van der Waals surface area (Å²) in [6, 6.07) is 7.72. The summed E-state index contributed by atoms with van der Waals surface area (Å²) in [6.45, 7) is 11.8. The Labute approximate surface area is 203 Å². The van der Waals surface area contributed by atoms with Crippen molar-refractivity contribution >= 4 is 29.6 Å². The molecule has 1 aliphatic heterocycles. The third-order valence-electron chi connectivity index (χ3n) is 6.34. The normalized spacial score (nSPS) is 17.3. The van der Waals surface area contributed by atoms with Crippen molar-refractivity contribution in [2.75, 3.05) is 18.0 Å². The van der Waals surface area contributed by atoms with Crippen LogP contribution in [-0.2, 0) is 19.6 Å². The van der Waals surface area contributed by atoms with Gasteiger partial charge in [-0.1, -0.05) is 43.0 Å². The van der Waals surface area contributed by atoms with Gasteiger partial charge in [0.25, 0.3) is 11.1 Å². The SMILES string of the molecule is C=CCn1c(=O)c2nc(N3CCC[C@@H](N)C3)n(CC)c2c(=O)n1C/C(N)=C/C=c1/ccccc1=C. The van der Waals surface area contributed by atoms with Crippen LogP contribution in [0, 0.1) is 0 Å². The van der Waals surface area contributed by atoms with Crippen LogP contribution >= 0.6 is 0 Å². The van der Waals surface area contributed by atoms with Gasteiger partial charge in [-0.05, 0) is 36.3 Å². The molecule has 35 heavy (non-hydrogen) atoms. The molecule has 3 heterocycles. The second-order valence-electron chi connectivity index (χ2n) is 8.85. The fourth-order valence-electron chi connectivity index (χ4n) is 4.58. The van der Waals surface area contributed by atoms with E-state index < -0.39 is 0 Å². The van der Waals surface area contributed by atoms with E-state index in [0.717, 1.165) is 29.8 Å². The van der Waals surface area contributed by atoms with E-state index in [9.17, 15) is 9.59 Å². The summed E-state index contributed by atoms with van der Waals surface area (Å²) in [5.41, 5.74) is 12.7. The molecule has 4 N–H and O–H groups in total. The maximum atomic E-state index is 13.7. The highest BCUT2D eigenvalue weighted by molar-refractivity contribution is 5.77. The topological polar surface area (TPSA) is 117 Å². The molecule has 2 aromatic heterocycles. The zero-order chi connectivity index (χ0) is 25.1. The predicted octanol–water partition coefficient (Wildman–Crippen LogP) is 0.227. The summed E-state index contributed by atoms with van der Waals surface area (Å²) >= 11 is 0. The van der Waals surface area contributed by atoms with E-state index >= 15 is 0 Å². The molecule has 0 saturated carbocycles. The molecule has 184 valence electrons. The molecule has 0 bridgehead atoms. The van der Waals surface area contributed by atoms with Crippen LogP contribution in [0.5, 0.6) is 0 Å². The molecule has 0 unspecified atom stereocenters. The molecule has 9 heteroatoms. The van der Waals surface area contributed by atoms with E-state index in [1.54, 1.807) is 12.2 Å². The average Bonchev–Trinajstić information content (AvgIpc) is 3.24. The molecule has 9 nitrogen and oxygen atoms in total. The lowest BCUT2D eigenvalue weighted by atomic mass is 10.1. The van der Waals surface area contributed by atoms with Crippen LogP contribution < -0.4 is 37.9 Å². The maximum Gasteiger partial charge on any atom is 0.293 e. The lowest BCUT2D eigenvalue weighted by molar-refractivity contribution is 0.470. The highest BCUT2D eigenvalue weighted by Crippen LogP contribution is 2.22. The highest BCUT2D eigenvalue weighted by Gasteiger charge is 2.26. The van der Waals surface area contributed by atoms with Gasteiger partial charge in [-0.2, -0.15) is 0 Å². The Bertz CT molecular complexity index is 1510. The van der Waals surface area contributed by atoms with Crippen molar-refractivity contribution in [3.63, 3.8) is 0 Å². The van der Waals surface area contributed by atoms with Crippen molar-refractivity contribution in [3.8, 4) is 0 Å². The molecule has 0 radical (unpaired) electrons. The van der Waals surface area contributed by atoms with Gasteiger partial charge in [-0.3, -0.25) is 9.59 Å². The summed E-state index contributed by atoms with van der Waals surface area (Å²) in [6.07, 6.45) is 7.05. The first-order valence-electron chi connectivity index (χ1n) is 11.9. The van der Waals surface area contributed by atoms with E-state index in [1.807, 2.05) is 41.8 Å². The molecule has 0 aliphatic carbocycles. The first-order valence-corrected chi connectivity index (χ1v) is 11.9. The highest BCUT2D eigenvalue weighted by atomic mass is 16.2. The van der Waals surface area contributed by atoms with Gasteiger partial charge in [0.05, 0.1) is 13.1 Å². The number of fused-ring (bicyclic) bond motifs is 1. The van der Waals surface area contributed by atoms with Crippen molar-refractivity contribution in [2.45, 2.75) is 45.4 Å². The number of piperidine rings is 1. The Morgan fingerprint density at radius 1 is 1.23 bits per heavy atom. The molecular weight excluding hydrogens is 442 g/mol. The monoisotopic (exact) mass is 475 g/mol. The standard InChI is InChI=1S/C26H33N7O2/c1-4-14-32-24(34)22-23(31(5-2)26(29-22)30-15-8-11-20(27)16-30)25(35)33(32)17-21(28)13-12-19-10-7-6-9-18(19)3/h4,6-7,9-10,12-13,20H,1,3,5,8,11,14-17,27-28H2,2H3/b19-12-,21-13-/t20-/m1/s1. The van der Waals surface area contributed by atoms with Crippen molar-refractivity contribution in [1.82, 2.24) is 18.9 Å². The summed E-state index contributed by atoms with van der Waals surface area (Å²) in [7, 11) is 0. The van der Waals surface area contributed by atoms with Crippen molar-refractivity contribution in [2.24, 2.45) is 11.5 Å². The number of rotatable bonds is 7. The van der Waals surface area contributed by atoms with E-state index in [-0.39, 0.29) is 41.3 Å². The third-order valence-corrected chi connectivity index (χ3v) is 6.34. The van der Waals surface area contributed by atoms with E-state index in [4.69, 9.17) is 11.5 Å². The molecular formula is C26H33N7O2. The number of aromatic nitrogens is 4. The van der Waals surface area contributed by atoms with Gasteiger partial charge in [0, 0.05) is 31.4 Å². The van der Waals surface area contributed by atoms with Gasteiger partial charge < -0.3 is 20.9 Å². The molecule has 1 saturated heterocycles. The summed E-state index contributed by atoms with van der Waals surface area (Å²) in [5, 5.41) is 1.80. The third kappa shape index (κ3) is 4.72. The molecule has 0 spiro atoms. The van der Waals surface area contributed by atoms with Gasteiger partial charge in [-0.25, -0.2) is 14.3 Å². The fraction of sp³-hybridized carbons (Fsp3) is 0.346. The van der Waals surface area contributed by atoms with Crippen molar-refractivity contribution in [1.29, 1.82) is 0 Å². The maximum absolute atomic E-state index is 13.7. The Kier molecular flexibility index (Phi) is 7.07. The van der Waals surface area contributed by atoms with Crippen LogP contribution in [0.1, 0.15) is 19.8 Å². The van der Waals surface area contributed by atoms with Crippen LogP contribution in [0.2, 0.25) is 0 Å². The quantitative estimate of drug-likeness (QED) is 0.473. The van der Waals surface area contributed by atoms with Crippen LogP contribution in [0.15, 0.2) is 58.3 Å². The number of aryl methyl sites for hydroxylation is 1. The lowest BCUT2D eigenvalue weighted by Crippen LogP contribution is -2.44. The Morgan fingerprint density at radius 3 is 2.69 bits per heavy atom. The van der Waals surface area contributed by atoms with E-state index in [0.29, 0.717) is 24.7 Å². The zero-order valence-corrected chi connectivity index (χ0v) is 20.2. The molecule has 1 aromatic carbocycles. The lowest BCUT2D eigenvalue weighted by Gasteiger charge is -2.31. The first kappa shape index (κ1) is 24.3. The molecule has 0 amide bonds. The number of benzene rings is 1. The predicted molar refractivity (Wildman–Crippen MR) is 141 cm³/mol. The van der Waals surface area contributed by atoms with E-state index in [2.05, 4.69) is 23.0 Å². The number of allylic oxidation sites excluding steroid dienone is 3. The van der Waals surface area contributed by atoms with Gasteiger partial charge in [0.15, 0.2) is 5.52 Å². The molecule has 3 aromatic rings. The van der Waals surface area contributed by atoms with Crippen LogP contribution in [0.4, 0.5) is 5.95 Å². The minimum atomic E-state index is -0.353. The van der Waals surface area contributed by atoms with Gasteiger partial charge >= 0.3 is 0 Å². The summed E-state index contributed by atoms with van der Waals surface area (Å²) < 4.78 is 4.55. The number of hydrogen-bond acceptors (Lipinski definition) is 6. The second kappa shape index (κ2) is 10.2. The smallest absolute Gasteiger partial charge is 0.293 e.